The lowest BCUT2D eigenvalue weighted by molar-refractivity contribution is 0.630. The molecule has 0 spiro atoms. The van der Waals surface area contributed by atoms with Gasteiger partial charge in [-0.25, -0.2) is 4.98 Å². The number of unbranched alkanes of at least 4 members (excludes halogenated alkanes) is 1. The van der Waals surface area contributed by atoms with Gasteiger partial charge < -0.3 is 10.3 Å². The van der Waals surface area contributed by atoms with Crippen molar-refractivity contribution in [3.63, 3.8) is 0 Å². The predicted molar refractivity (Wildman–Crippen MR) is 54.5 cm³/mol. The zero-order valence-electron chi connectivity index (χ0n) is 8.53. The minimum atomic E-state index is 0.203. The molecule has 0 aliphatic heterocycles. The van der Waals surface area contributed by atoms with Gasteiger partial charge in [-0.05, 0) is 13.3 Å². The number of imidazole rings is 1. The summed E-state index contributed by atoms with van der Waals surface area (Å²) >= 11 is 0. The average Bonchev–Trinajstić information content (AvgIpc) is 2.48. The van der Waals surface area contributed by atoms with Crippen LogP contribution in [-0.4, -0.2) is 15.6 Å². The summed E-state index contributed by atoms with van der Waals surface area (Å²) in [5, 5.41) is 0. The average molecular weight is 181 g/mol. The summed E-state index contributed by atoms with van der Waals surface area (Å²) in [6.07, 6.45) is 7.31. The molecule has 0 saturated carbocycles. The van der Waals surface area contributed by atoms with Gasteiger partial charge in [0.1, 0.15) is 0 Å². The van der Waals surface area contributed by atoms with Crippen molar-refractivity contribution in [1.82, 2.24) is 9.55 Å². The summed E-state index contributed by atoms with van der Waals surface area (Å²) in [7, 11) is 0. The van der Waals surface area contributed by atoms with Gasteiger partial charge in [0.15, 0.2) is 0 Å². The van der Waals surface area contributed by atoms with Gasteiger partial charge in [-0.15, -0.1) is 0 Å². The second kappa shape index (κ2) is 5.02. The fraction of sp³-hybridized carbons (Fsp3) is 0.700. The molecule has 13 heavy (non-hydrogen) atoms. The van der Waals surface area contributed by atoms with Gasteiger partial charge in [-0.2, -0.15) is 0 Å². The number of nitrogens with two attached hydrogens (primary N) is 1. The molecule has 3 heteroatoms. The monoisotopic (exact) mass is 181 g/mol. The Balaban J connectivity index is 2.44. The third-order valence-electron chi connectivity index (χ3n) is 1.99. The summed E-state index contributed by atoms with van der Waals surface area (Å²) in [6, 6.07) is 0.203. The van der Waals surface area contributed by atoms with Crippen LogP contribution >= 0.6 is 0 Å². The van der Waals surface area contributed by atoms with E-state index in [0.717, 1.165) is 18.7 Å². The first-order valence-corrected chi connectivity index (χ1v) is 4.98. The van der Waals surface area contributed by atoms with E-state index in [0.29, 0.717) is 0 Å². The first-order valence-electron chi connectivity index (χ1n) is 4.98. The quantitative estimate of drug-likeness (QED) is 0.749. The van der Waals surface area contributed by atoms with Crippen molar-refractivity contribution in [2.45, 2.75) is 45.7 Å². The van der Waals surface area contributed by atoms with E-state index in [9.17, 15) is 0 Å². The van der Waals surface area contributed by atoms with Crippen LogP contribution < -0.4 is 5.73 Å². The highest BCUT2D eigenvalue weighted by atomic mass is 15.0. The number of hydrogen-bond donors (Lipinski definition) is 1. The molecule has 1 atom stereocenters. The smallest absolute Gasteiger partial charge is 0.0949 e. The van der Waals surface area contributed by atoms with E-state index in [1.807, 2.05) is 13.3 Å². The van der Waals surface area contributed by atoms with E-state index < -0.39 is 0 Å². The second-order valence-electron chi connectivity index (χ2n) is 3.64. The zero-order valence-corrected chi connectivity index (χ0v) is 8.53. The maximum atomic E-state index is 5.68. The van der Waals surface area contributed by atoms with Crippen molar-refractivity contribution >= 4 is 0 Å². The lowest BCUT2D eigenvalue weighted by atomic mass is 10.2. The summed E-state index contributed by atoms with van der Waals surface area (Å²) in [6.45, 7) is 5.27. The third kappa shape index (κ3) is 3.59. The van der Waals surface area contributed by atoms with E-state index in [2.05, 4.69) is 22.7 Å². The Morgan fingerprint density at radius 2 is 2.38 bits per heavy atom. The largest absolute Gasteiger partial charge is 0.337 e. The Morgan fingerprint density at radius 3 is 3.00 bits per heavy atom. The highest BCUT2D eigenvalue weighted by Gasteiger charge is 2.01. The lowest BCUT2D eigenvalue weighted by Crippen LogP contribution is -2.17. The standard InChI is InChI=1S/C10H19N3/c1-3-4-5-13-7-10(12-8-13)6-9(2)11/h7-9H,3-6,11H2,1-2H3. The highest BCUT2D eigenvalue weighted by molar-refractivity contribution is 4.98. The fourth-order valence-corrected chi connectivity index (χ4v) is 1.30. The Bertz CT molecular complexity index is 240. The maximum Gasteiger partial charge on any atom is 0.0949 e. The van der Waals surface area contributed by atoms with Crippen LogP contribution in [0.5, 0.6) is 0 Å². The van der Waals surface area contributed by atoms with Crippen LogP contribution in [-0.2, 0) is 13.0 Å². The van der Waals surface area contributed by atoms with E-state index in [1.165, 1.54) is 12.8 Å². The van der Waals surface area contributed by atoms with E-state index in [-0.39, 0.29) is 6.04 Å². The predicted octanol–water partition coefficient (Wildman–Crippen LogP) is 1.57. The van der Waals surface area contributed by atoms with E-state index >= 15 is 0 Å². The molecular formula is C10H19N3. The first kappa shape index (κ1) is 10.3. The van der Waals surface area contributed by atoms with E-state index in [4.69, 9.17) is 5.73 Å². The molecular weight excluding hydrogens is 162 g/mol. The molecule has 0 aliphatic rings. The van der Waals surface area contributed by atoms with Gasteiger partial charge in [-0.3, -0.25) is 0 Å². The normalized spacial score (nSPS) is 13.2. The Hall–Kier alpha value is -0.830. The summed E-state index contributed by atoms with van der Waals surface area (Å²) in [5.41, 5.74) is 6.79. The Morgan fingerprint density at radius 1 is 1.62 bits per heavy atom. The number of hydrogen-bond acceptors (Lipinski definition) is 2. The van der Waals surface area contributed by atoms with Crippen LogP contribution in [0.2, 0.25) is 0 Å². The van der Waals surface area contributed by atoms with Crippen molar-refractivity contribution in [2.75, 3.05) is 0 Å². The second-order valence-corrected chi connectivity index (χ2v) is 3.64. The molecule has 0 fully saturated rings. The van der Waals surface area contributed by atoms with Crippen LogP contribution in [0.1, 0.15) is 32.4 Å². The van der Waals surface area contributed by atoms with Crippen LogP contribution in [0.4, 0.5) is 0 Å². The number of aryl methyl sites for hydroxylation is 1. The molecule has 1 rings (SSSR count). The molecule has 0 radical (unpaired) electrons. The van der Waals surface area contributed by atoms with Crippen molar-refractivity contribution in [2.24, 2.45) is 5.73 Å². The lowest BCUT2D eigenvalue weighted by Gasteiger charge is -2.00. The minimum Gasteiger partial charge on any atom is -0.337 e. The Kier molecular flexibility index (Phi) is 3.96. The molecule has 74 valence electrons. The molecule has 0 amide bonds. The molecule has 2 N–H and O–H groups in total. The molecule has 1 aromatic rings. The molecule has 0 aromatic carbocycles. The molecule has 1 heterocycles. The van der Waals surface area contributed by atoms with Gasteiger partial charge in [0.05, 0.1) is 12.0 Å². The molecule has 3 nitrogen and oxygen atoms in total. The summed E-state index contributed by atoms with van der Waals surface area (Å²) in [5.74, 6) is 0. The highest BCUT2D eigenvalue weighted by Crippen LogP contribution is 2.01. The van der Waals surface area contributed by atoms with Crippen LogP contribution in [0, 0.1) is 0 Å². The van der Waals surface area contributed by atoms with E-state index in [1.54, 1.807) is 0 Å². The van der Waals surface area contributed by atoms with Crippen LogP contribution in [0.15, 0.2) is 12.5 Å². The minimum absolute atomic E-state index is 0.203. The molecule has 0 aliphatic carbocycles. The molecule has 1 unspecified atom stereocenters. The van der Waals surface area contributed by atoms with Crippen molar-refractivity contribution in [3.8, 4) is 0 Å². The van der Waals surface area contributed by atoms with Crippen LogP contribution in [0.3, 0.4) is 0 Å². The molecule has 0 saturated heterocycles. The molecule has 0 bridgehead atoms. The zero-order chi connectivity index (χ0) is 9.68. The van der Waals surface area contributed by atoms with Crippen molar-refractivity contribution in [3.05, 3.63) is 18.2 Å². The Labute approximate surface area is 80.0 Å². The van der Waals surface area contributed by atoms with Crippen LogP contribution in [0.25, 0.3) is 0 Å². The van der Waals surface area contributed by atoms with Gasteiger partial charge in [0.2, 0.25) is 0 Å². The first-order chi connectivity index (χ1) is 6.22. The third-order valence-corrected chi connectivity index (χ3v) is 1.99. The maximum absolute atomic E-state index is 5.68. The SMILES string of the molecule is CCCCn1cnc(CC(C)N)c1. The molecule has 1 aromatic heterocycles. The van der Waals surface area contributed by atoms with Gasteiger partial charge in [-0.1, -0.05) is 13.3 Å². The number of aromatic nitrogens is 2. The fourth-order valence-electron chi connectivity index (χ4n) is 1.30. The summed E-state index contributed by atoms with van der Waals surface area (Å²) in [4.78, 5) is 4.29. The number of nitrogens with zero attached hydrogens (tertiary/aromatic N) is 2. The van der Waals surface area contributed by atoms with Gasteiger partial charge >= 0.3 is 0 Å². The number of rotatable bonds is 5. The van der Waals surface area contributed by atoms with Gasteiger partial charge in [0, 0.05) is 25.2 Å². The topological polar surface area (TPSA) is 43.8 Å². The van der Waals surface area contributed by atoms with Crippen molar-refractivity contribution < 1.29 is 0 Å². The van der Waals surface area contributed by atoms with Crippen molar-refractivity contribution in [1.29, 1.82) is 0 Å². The summed E-state index contributed by atoms with van der Waals surface area (Å²) < 4.78 is 2.14. The van der Waals surface area contributed by atoms with Gasteiger partial charge in [0.25, 0.3) is 0 Å².